The van der Waals surface area contributed by atoms with E-state index < -0.39 is 0 Å². The van der Waals surface area contributed by atoms with E-state index in [1.807, 2.05) is 12.1 Å². The number of benzene rings is 1. The van der Waals surface area contributed by atoms with Crippen LogP contribution in [0.3, 0.4) is 0 Å². The Morgan fingerprint density at radius 2 is 1.91 bits per heavy atom. The number of rotatable bonds is 4. The second kappa shape index (κ2) is 6.24. The molecular formula is C17H23FN2O2. The first kappa shape index (κ1) is 15.3. The van der Waals surface area contributed by atoms with E-state index in [0.717, 1.165) is 38.5 Å². The fourth-order valence-corrected chi connectivity index (χ4v) is 3.29. The van der Waals surface area contributed by atoms with Gasteiger partial charge in [-0.3, -0.25) is 0 Å². The van der Waals surface area contributed by atoms with Crippen LogP contribution in [0.25, 0.3) is 0 Å². The maximum Gasteiger partial charge on any atom is 0.315 e. The lowest BCUT2D eigenvalue weighted by molar-refractivity contribution is 0.117. The van der Waals surface area contributed by atoms with Gasteiger partial charge in [0.2, 0.25) is 0 Å². The van der Waals surface area contributed by atoms with Gasteiger partial charge in [-0.05, 0) is 50.2 Å². The summed E-state index contributed by atoms with van der Waals surface area (Å²) in [6.45, 7) is 0.467. The normalized spacial score (nSPS) is 26.3. The molecule has 0 saturated heterocycles. The summed E-state index contributed by atoms with van der Waals surface area (Å²) >= 11 is 0. The van der Waals surface area contributed by atoms with Crippen LogP contribution in [0.15, 0.2) is 24.3 Å². The van der Waals surface area contributed by atoms with E-state index in [9.17, 15) is 14.3 Å². The molecular weight excluding hydrogens is 283 g/mol. The molecule has 0 heterocycles. The number of amides is 2. The van der Waals surface area contributed by atoms with Gasteiger partial charge in [0, 0.05) is 18.0 Å². The molecule has 3 N–H and O–H groups in total. The second-order valence-corrected chi connectivity index (χ2v) is 6.59. The van der Waals surface area contributed by atoms with E-state index in [-0.39, 0.29) is 29.4 Å². The van der Waals surface area contributed by atoms with Gasteiger partial charge < -0.3 is 15.7 Å². The van der Waals surface area contributed by atoms with E-state index in [0.29, 0.717) is 12.1 Å². The van der Waals surface area contributed by atoms with Crippen LogP contribution < -0.4 is 10.6 Å². The van der Waals surface area contributed by atoms with Crippen molar-refractivity contribution in [2.24, 2.45) is 0 Å². The van der Waals surface area contributed by atoms with Crippen molar-refractivity contribution in [1.29, 1.82) is 0 Å². The minimum Gasteiger partial charge on any atom is -0.393 e. The van der Waals surface area contributed by atoms with Crippen LogP contribution in [0, 0.1) is 5.82 Å². The molecule has 1 aromatic rings. The number of halogens is 1. The quantitative estimate of drug-likeness (QED) is 0.800. The maximum atomic E-state index is 13.9. The summed E-state index contributed by atoms with van der Waals surface area (Å²) in [7, 11) is 0. The standard InChI is InChI=1S/C17H23FN2O2/c18-15-4-2-1-3-14(15)17(9-10-17)11-19-16(22)20-12-5-7-13(21)8-6-12/h1-4,12-13,21H,5-11H2,(H2,19,20,22). The van der Waals surface area contributed by atoms with Gasteiger partial charge in [0.1, 0.15) is 5.82 Å². The minimum atomic E-state index is -0.231. The van der Waals surface area contributed by atoms with Crippen LogP contribution in [0.1, 0.15) is 44.1 Å². The third-order valence-electron chi connectivity index (χ3n) is 4.92. The van der Waals surface area contributed by atoms with Crippen molar-refractivity contribution in [3.63, 3.8) is 0 Å². The van der Waals surface area contributed by atoms with Crippen LogP contribution in [0.4, 0.5) is 9.18 Å². The number of aliphatic hydroxyl groups excluding tert-OH is 1. The van der Waals surface area contributed by atoms with E-state index >= 15 is 0 Å². The molecule has 22 heavy (non-hydrogen) atoms. The van der Waals surface area contributed by atoms with Gasteiger partial charge in [-0.25, -0.2) is 9.18 Å². The molecule has 0 spiro atoms. The highest BCUT2D eigenvalue weighted by atomic mass is 19.1. The molecule has 0 aliphatic heterocycles. The molecule has 0 atom stereocenters. The molecule has 2 amide bonds. The largest absolute Gasteiger partial charge is 0.393 e. The van der Waals surface area contributed by atoms with Crippen molar-refractivity contribution in [3.05, 3.63) is 35.6 Å². The molecule has 1 aromatic carbocycles. The lowest BCUT2D eigenvalue weighted by Crippen LogP contribution is -2.46. The Morgan fingerprint density at radius 1 is 1.23 bits per heavy atom. The number of carbonyl (C=O) groups is 1. The summed E-state index contributed by atoms with van der Waals surface area (Å²) in [5.74, 6) is -0.191. The SMILES string of the molecule is O=C(NCC1(c2ccccc2F)CC1)NC1CCC(O)CC1. The van der Waals surface area contributed by atoms with E-state index in [4.69, 9.17) is 0 Å². The van der Waals surface area contributed by atoms with Gasteiger partial charge in [0.25, 0.3) is 0 Å². The first-order valence-electron chi connectivity index (χ1n) is 8.06. The Hall–Kier alpha value is -1.62. The first-order chi connectivity index (χ1) is 10.6. The number of hydrogen-bond acceptors (Lipinski definition) is 2. The van der Waals surface area contributed by atoms with Crippen molar-refractivity contribution in [2.45, 2.75) is 56.1 Å². The number of nitrogens with one attached hydrogen (secondary N) is 2. The van der Waals surface area contributed by atoms with Crippen LogP contribution in [-0.4, -0.2) is 29.8 Å². The topological polar surface area (TPSA) is 61.4 Å². The molecule has 4 nitrogen and oxygen atoms in total. The Labute approximate surface area is 130 Å². The van der Waals surface area contributed by atoms with Gasteiger partial charge in [-0.2, -0.15) is 0 Å². The summed E-state index contributed by atoms with van der Waals surface area (Å²) < 4.78 is 13.9. The third-order valence-corrected chi connectivity index (χ3v) is 4.92. The lowest BCUT2D eigenvalue weighted by Gasteiger charge is -2.26. The number of urea groups is 1. The number of hydrogen-bond donors (Lipinski definition) is 3. The van der Waals surface area contributed by atoms with Gasteiger partial charge >= 0.3 is 6.03 Å². The smallest absolute Gasteiger partial charge is 0.315 e. The number of aliphatic hydroxyl groups is 1. The van der Waals surface area contributed by atoms with Crippen LogP contribution >= 0.6 is 0 Å². The Morgan fingerprint density at radius 3 is 2.55 bits per heavy atom. The maximum absolute atomic E-state index is 13.9. The Bertz CT molecular complexity index is 537. The monoisotopic (exact) mass is 306 g/mol. The molecule has 3 rings (SSSR count). The molecule has 2 aliphatic carbocycles. The average molecular weight is 306 g/mol. The molecule has 0 bridgehead atoms. The minimum absolute atomic E-state index is 0.131. The highest BCUT2D eigenvalue weighted by Crippen LogP contribution is 2.48. The summed E-state index contributed by atoms with van der Waals surface area (Å²) in [6.07, 6.45) is 4.69. The average Bonchev–Trinajstić information content (AvgIpc) is 3.29. The fraction of sp³-hybridized carbons (Fsp3) is 0.588. The van der Waals surface area contributed by atoms with Crippen molar-refractivity contribution in [1.82, 2.24) is 10.6 Å². The molecule has 0 unspecified atom stereocenters. The van der Waals surface area contributed by atoms with E-state index in [2.05, 4.69) is 10.6 Å². The Kier molecular flexibility index (Phi) is 4.34. The van der Waals surface area contributed by atoms with Crippen LogP contribution in [0.2, 0.25) is 0 Å². The van der Waals surface area contributed by atoms with Crippen LogP contribution in [-0.2, 0) is 5.41 Å². The van der Waals surface area contributed by atoms with Crippen LogP contribution in [0.5, 0.6) is 0 Å². The van der Waals surface area contributed by atoms with Gasteiger partial charge in [-0.1, -0.05) is 18.2 Å². The summed E-state index contributed by atoms with van der Waals surface area (Å²) in [5.41, 5.74) is 0.474. The van der Waals surface area contributed by atoms with Crippen molar-refractivity contribution in [3.8, 4) is 0 Å². The molecule has 2 saturated carbocycles. The van der Waals surface area contributed by atoms with E-state index in [1.54, 1.807) is 6.07 Å². The molecule has 0 aromatic heterocycles. The molecule has 0 radical (unpaired) electrons. The first-order valence-corrected chi connectivity index (χ1v) is 8.06. The second-order valence-electron chi connectivity index (χ2n) is 6.59. The highest BCUT2D eigenvalue weighted by molar-refractivity contribution is 5.74. The fourth-order valence-electron chi connectivity index (χ4n) is 3.29. The van der Waals surface area contributed by atoms with E-state index in [1.165, 1.54) is 6.07 Å². The summed E-state index contributed by atoms with van der Waals surface area (Å²) in [5, 5.41) is 15.3. The van der Waals surface area contributed by atoms with Gasteiger partial charge in [-0.15, -0.1) is 0 Å². The summed E-state index contributed by atoms with van der Waals surface area (Å²) in [6, 6.07) is 6.75. The third kappa shape index (κ3) is 3.40. The predicted molar refractivity (Wildman–Crippen MR) is 82.1 cm³/mol. The zero-order valence-corrected chi connectivity index (χ0v) is 12.6. The molecule has 5 heteroatoms. The Balaban J connectivity index is 1.50. The lowest BCUT2D eigenvalue weighted by atomic mass is 9.93. The molecule has 2 aliphatic rings. The number of carbonyl (C=O) groups excluding carboxylic acids is 1. The summed E-state index contributed by atoms with van der Waals surface area (Å²) in [4.78, 5) is 12.0. The zero-order chi connectivity index (χ0) is 15.6. The van der Waals surface area contributed by atoms with Crippen molar-refractivity contribution >= 4 is 6.03 Å². The molecule has 2 fully saturated rings. The van der Waals surface area contributed by atoms with Crippen molar-refractivity contribution < 1.29 is 14.3 Å². The predicted octanol–water partition coefficient (Wildman–Crippen LogP) is 2.46. The zero-order valence-electron chi connectivity index (χ0n) is 12.6. The van der Waals surface area contributed by atoms with Gasteiger partial charge in [0.15, 0.2) is 0 Å². The van der Waals surface area contributed by atoms with Gasteiger partial charge in [0.05, 0.1) is 6.10 Å². The van der Waals surface area contributed by atoms with Crippen molar-refractivity contribution in [2.75, 3.05) is 6.54 Å². The highest BCUT2D eigenvalue weighted by Gasteiger charge is 2.46. The molecule has 120 valence electrons.